The minimum absolute atomic E-state index is 0.0318. The van der Waals surface area contributed by atoms with E-state index in [0.29, 0.717) is 31.1 Å². The van der Waals surface area contributed by atoms with Gasteiger partial charge in [-0.3, -0.25) is 4.79 Å². The van der Waals surface area contributed by atoms with Crippen LogP contribution in [0.1, 0.15) is 36.0 Å². The van der Waals surface area contributed by atoms with Gasteiger partial charge in [-0.15, -0.1) is 0 Å². The van der Waals surface area contributed by atoms with Crippen molar-refractivity contribution < 1.29 is 9.32 Å². The second kappa shape index (κ2) is 5.52. The highest BCUT2D eigenvalue weighted by molar-refractivity contribution is 7.07. The summed E-state index contributed by atoms with van der Waals surface area (Å²) in [6.45, 7) is 0.548. The fourth-order valence-electron chi connectivity index (χ4n) is 1.82. The van der Waals surface area contributed by atoms with Crippen LogP contribution in [0.3, 0.4) is 0 Å². The number of nitrogens with one attached hydrogen (secondary N) is 1. The fourth-order valence-corrected chi connectivity index (χ4v) is 2.49. The highest BCUT2D eigenvalue weighted by Gasteiger charge is 2.29. The molecular formula is C13H15N3O2S. The van der Waals surface area contributed by atoms with Crippen LogP contribution in [-0.2, 0) is 17.6 Å². The molecule has 0 atom stereocenters. The molecule has 1 fully saturated rings. The summed E-state index contributed by atoms with van der Waals surface area (Å²) in [6, 6.07) is 1.96. The monoisotopic (exact) mass is 277 g/mol. The predicted molar refractivity (Wildman–Crippen MR) is 71.0 cm³/mol. The molecule has 0 saturated heterocycles. The SMILES string of the molecule is O=C(Cc1ccsc1)NCCc1noc(C2CC2)n1. The highest BCUT2D eigenvalue weighted by Crippen LogP contribution is 2.38. The molecule has 1 N–H and O–H groups in total. The second-order valence-corrected chi connectivity index (χ2v) is 5.51. The molecular weight excluding hydrogens is 262 g/mol. The lowest BCUT2D eigenvalue weighted by atomic mass is 10.2. The number of aromatic nitrogens is 2. The Balaban J connectivity index is 1.40. The lowest BCUT2D eigenvalue weighted by Gasteiger charge is -2.01. The topological polar surface area (TPSA) is 68.0 Å². The van der Waals surface area contributed by atoms with E-state index in [1.165, 1.54) is 0 Å². The van der Waals surface area contributed by atoms with E-state index in [2.05, 4.69) is 15.5 Å². The number of carbonyl (C=O) groups excluding carboxylic acids is 1. The van der Waals surface area contributed by atoms with Crippen LogP contribution in [0.15, 0.2) is 21.3 Å². The van der Waals surface area contributed by atoms with Crippen molar-refractivity contribution in [2.24, 2.45) is 0 Å². The van der Waals surface area contributed by atoms with Crippen LogP contribution in [0.4, 0.5) is 0 Å². The zero-order chi connectivity index (χ0) is 13.1. The maximum Gasteiger partial charge on any atom is 0.229 e. The lowest BCUT2D eigenvalue weighted by Crippen LogP contribution is -2.27. The van der Waals surface area contributed by atoms with Crippen LogP contribution in [0.25, 0.3) is 0 Å². The van der Waals surface area contributed by atoms with E-state index in [1.54, 1.807) is 11.3 Å². The van der Waals surface area contributed by atoms with Gasteiger partial charge in [-0.2, -0.15) is 16.3 Å². The quantitative estimate of drug-likeness (QED) is 0.875. The highest BCUT2D eigenvalue weighted by atomic mass is 32.1. The maximum absolute atomic E-state index is 11.7. The van der Waals surface area contributed by atoms with Crippen LogP contribution >= 0.6 is 11.3 Å². The first-order valence-electron chi connectivity index (χ1n) is 6.41. The van der Waals surface area contributed by atoms with Gasteiger partial charge in [0.15, 0.2) is 5.82 Å². The average molecular weight is 277 g/mol. The summed E-state index contributed by atoms with van der Waals surface area (Å²) in [5.74, 6) is 1.94. The van der Waals surface area contributed by atoms with E-state index in [4.69, 9.17) is 4.52 Å². The summed E-state index contributed by atoms with van der Waals surface area (Å²) < 4.78 is 5.16. The Labute approximate surface area is 115 Å². The van der Waals surface area contributed by atoms with E-state index in [-0.39, 0.29) is 5.91 Å². The summed E-state index contributed by atoms with van der Waals surface area (Å²) in [5.41, 5.74) is 1.05. The second-order valence-electron chi connectivity index (χ2n) is 4.73. The van der Waals surface area contributed by atoms with E-state index < -0.39 is 0 Å². The molecule has 0 unspecified atom stereocenters. The Morgan fingerprint density at radius 2 is 2.42 bits per heavy atom. The van der Waals surface area contributed by atoms with Gasteiger partial charge in [0.25, 0.3) is 0 Å². The van der Waals surface area contributed by atoms with Gasteiger partial charge < -0.3 is 9.84 Å². The lowest BCUT2D eigenvalue weighted by molar-refractivity contribution is -0.120. The first-order valence-corrected chi connectivity index (χ1v) is 7.36. The molecule has 0 aromatic carbocycles. The minimum Gasteiger partial charge on any atom is -0.355 e. The van der Waals surface area contributed by atoms with E-state index in [1.807, 2.05) is 16.8 Å². The van der Waals surface area contributed by atoms with Crippen molar-refractivity contribution in [1.82, 2.24) is 15.5 Å². The summed E-state index contributed by atoms with van der Waals surface area (Å²) in [6.07, 6.45) is 3.35. The summed E-state index contributed by atoms with van der Waals surface area (Å²) in [4.78, 5) is 16.0. The number of hydrogen-bond acceptors (Lipinski definition) is 5. The zero-order valence-electron chi connectivity index (χ0n) is 10.5. The molecule has 0 aliphatic heterocycles. The van der Waals surface area contributed by atoms with Crippen LogP contribution < -0.4 is 5.32 Å². The van der Waals surface area contributed by atoms with Crippen LogP contribution in [-0.4, -0.2) is 22.6 Å². The Hall–Kier alpha value is -1.69. The summed E-state index contributed by atoms with van der Waals surface area (Å²) >= 11 is 1.60. The van der Waals surface area contributed by atoms with Crippen molar-refractivity contribution in [3.63, 3.8) is 0 Å². The summed E-state index contributed by atoms with van der Waals surface area (Å²) in [5, 5.41) is 10.7. The van der Waals surface area contributed by atoms with Crippen LogP contribution in [0, 0.1) is 0 Å². The third kappa shape index (κ3) is 3.41. The van der Waals surface area contributed by atoms with Gasteiger partial charge in [-0.1, -0.05) is 5.16 Å². The predicted octanol–water partition coefficient (Wildman–Crippen LogP) is 1.91. The number of rotatable bonds is 6. The fraction of sp³-hybridized carbons (Fsp3) is 0.462. The third-order valence-electron chi connectivity index (χ3n) is 3.03. The Morgan fingerprint density at radius 3 is 3.16 bits per heavy atom. The van der Waals surface area contributed by atoms with Gasteiger partial charge in [-0.05, 0) is 35.2 Å². The smallest absolute Gasteiger partial charge is 0.229 e. The molecule has 6 heteroatoms. The van der Waals surface area contributed by atoms with Crippen molar-refractivity contribution >= 4 is 17.2 Å². The standard InChI is InChI=1S/C13H15N3O2S/c17-12(7-9-4-6-19-8-9)14-5-3-11-15-13(18-16-11)10-1-2-10/h4,6,8,10H,1-3,5,7H2,(H,14,17). The van der Waals surface area contributed by atoms with E-state index in [0.717, 1.165) is 24.3 Å². The molecule has 1 amide bonds. The molecule has 1 saturated carbocycles. The van der Waals surface area contributed by atoms with Gasteiger partial charge in [0, 0.05) is 18.9 Å². The Kier molecular flexibility index (Phi) is 3.59. The Morgan fingerprint density at radius 1 is 1.53 bits per heavy atom. The molecule has 100 valence electrons. The van der Waals surface area contributed by atoms with Crippen molar-refractivity contribution in [2.45, 2.75) is 31.6 Å². The molecule has 2 aromatic heterocycles. The maximum atomic E-state index is 11.7. The molecule has 5 nitrogen and oxygen atoms in total. The molecule has 19 heavy (non-hydrogen) atoms. The number of amides is 1. The number of carbonyl (C=O) groups is 1. The average Bonchev–Trinajstić information content (AvgIpc) is 2.92. The molecule has 1 aliphatic carbocycles. The Bertz CT molecular complexity index is 546. The van der Waals surface area contributed by atoms with Gasteiger partial charge >= 0.3 is 0 Å². The number of thiophene rings is 1. The molecule has 3 rings (SSSR count). The third-order valence-corrected chi connectivity index (χ3v) is 3.76. The minimum atomic E-state index is 0.0318. The number of hydrogen-bond donors (Lipinski definition) is 1. The van der Waals surface area contributed by atoms with Gasteiger partial charge in [0.05, 0.1) is 6.42 Å². The van der Waals surface area contributed by atoms with Crippen LogP contribution in [0.2, 0.25) is 0 Å². The first kappa shape index (κ1) is 12.3. The van der Waals surface area contributed by atoms with Gasteiger partial charge in [0.2, 0.25) is 11.8 Å². The zero-order valence-corrected chi connectivity index (χ0v) is 11.3. The first-order chi connectivity index (χ1) is 9.31. The normalized spacial score (nSPS) is 14.5. The number of nitrogens with zero attached hydrogens (tertiary/aromatic N) is 2. The van der Waals surface area contributed by atoms with Gasteiger partial charge in [0.1, 0.15) is 0 Å². The van der Waals surface area contributed by atoms with Crippen LogP contribution in [0.5, 0.6) is 0 Å². The molecule has 0 bridgehead atoms. The van der Waals surface area contributed by atoms with E-state index in [9.17, 15) is 4.79 Å². The molecule has 1 aliphatic rings. The van der Waals surface area contributed by atoms with Crippen molar-refractivity contribution in [1.29, 1.82) is 0 Å². The van der Waals surface area contributed by atoms with Crippen molar-refractivity contribution in [3.05, 3.63) is 34.1 Å². The molecule has 0 radical (unpaired) electrons. The largest absolute Gasteiger partial charge is 0.355 e. The molecule has 2 aromatic rings. The van der Waals surface area contributed by atoms with Crippen molar-refractivity contribution in [3.8, 4) is 0 Å². The summed E-state index contributed by atoms with van der Waals surface area (Å²) in [7, 11) is 0. The van der Waals surface area contributed by atoms with Gasteiger partial charge in [-0.25, -0.2) is 0 Å². The van der Waals surface area contributed by atoms with E-state index >= 15 is 0 Å². The van der Waals surface area contributed by atoms with Crippen molar-refractivity contribution in [2.75, 3.05) is 6.54 Å². The molecule has 2 heterocycles. The molecule has 0 spiro atoms.